The van der Waals surface area contributed by atoms with Crippen LogP contribution in [0.15, 0.2) is 42.5 Å². The van der Waals surface area contributed by atoms with E-state index in [0.29, 0.717) is 5.92 Å². The Kier molecular flexibility index (Phi) is 3.49. The zero-order valence-electron chi connectivity index (χ0n) is 11.6. The van der Waals surface area contributed by atoms with Gasteiger partial charge in [-0.25, -0.2) is 0 Å². The van der Waals surface area contributed by atoms with Crippen molar-refractivity contribution >= 4 is 0 Å². The zero-order chi connectivity index (χ0) is 13.3. The van der Waals surface area contributed by atoms with Crippen LogP contribution in [0.2, 0.25) is 0 Å². The van der Waals surface area contributed by atoms with Gasteiger partial charge in [-0.15, -0.1) is 0 Å². The van der Waals surface area contributed by atoms with Gasteiger partial charge in [0.1, 0.15) is 0 Å². The van der Waals surface area contributed by atoms with E-state index in [9.17, 15) is 5.11 Å². The SMILES string of the molecule is C=C1CC[C@](O)(C2CCCCC2)[C@H]1c1ccccc1. The topological polar surface area (TPSA) is 20.2 Å². The Morgan fingerprint density at radius 1 is 1.05 bits per heavy atom. The van der Waals surface area contributed by atoms with Gasteiger partial charge in [0.2, 0.25) is 0 Å². The van der Waals surface area contributed by atoms with Gasteiger partial charge in [-0.05, 0) is 37.2 Å². The number of hydrogen-bond donors (Lipinski definition) is 1. The summed E-state index contributed by atoms with van der Waals surface area (Å²) < 4.78 is 0. The molecule has 0 bridgehead atoms. The van der Waals surface area contributed by atoms with Gasteiger partial charge in [-0.3, -0.25) is 0 Å². The molecule has 1 N–H and O–H groups in total. The summed E-state index contributed by atoms with van der Waals surface area (Å²) in [6.45, 7) is 4.24. The molecule has 1 nitrogen and oxygen atoms in total. The number of aliphatic hydroxyl groups is 1. The van der Waals surface area contributed by atoms with Crippen LogP contribution in [0.5, 0.6) is 0 Å². The summed E-state index contributed by atoms with van der Waals surface area (Å²) >= 11 is 0. The van der Waals surface area contributed by atoms with E-state index in [2.05, 4.69) is 30.8 Å². The average Bonchev–Trinajstić information content (AvgIpc) is 2.78. The number of rotatable bonds is 2. The Bertz CT molecular complexity index is 444. The van der Waals surface area contributed by atoms with Gasteiger partial charge in [-0.1, -0.05) is 61.7 Å². The summed E-state index contributed by atoms with van der Waals surface area (Å²) in [7, 11) is 0. The summed E-state index contributed by atoms with van der Waals surface area (Å²) in [6, 6.07) is 10.5. The van der Waals surface area contributed by atoms with E-state index in [1.807, 2.05) is 6.07 Å². The molecular weight excluding hydrogens is 232 g/mol. The predicted octanol–water partition coefficient (Wildman–Crippen LogP) is 4.43. The Morgan fingerprint density at radius 3 is 2.42 bits per heavy atom. The van der Waals surface area contributed by atoms with Crippen molar-refractivity contribution in [2.24, 2.45) is 5.92 Å². The fourth-order valence-corrected chi connectivity index (χ4v) is 4.22. The van der Waals surface area contributed by atoms with Crippen LogP contribution in [0.25, 0.3) is 0 Å². The largest absolute Gasteiger partial charge is 0.389 e. The molecule has 0 radical (unpaired) electrons. The molecule has 19 heavy (non-hydrogen) atoms. The molecule has 2 saturated carbocycles. The lowest BCUT2D eigenvalue weighted by Crippen LogP contribution is -2.41. The summed E-state index contributed by atoms with van der Waals surface area (Å²) in [5.74, 6) is 0.613. The first kappa shape index (κ1) is 12.9. The van der Waals surface area contributed by atoms with Crippen LogP contribution in [0.4, 0.5) is 0 Å². The fourth-order valence-electron chi connectivity index (χ4n) is 4.22. The van der Waals surface area contributed by atoms with Crippen molar-refractivity contribution in [3.8, 4) is 0 Å². The molecule has 2 aliphatic carbocycles. The van der Waals surface area contributed by atoms with Gasteiger partial charge in [0, 0.05) is 5.92 Å². The Labute approximate surface area is 116 Å². The number of hydrogen-bond acceptors (Lipinski definition) is 1. The van der Waals surface area contributed by atoms with Crippen LogP contribution in [0, 0.1) is 5.92 Å². The van der Waals surface area contributed by atoms with E-state index in [1.165, 1.54) is 43.2 Å². The highest BCUT2D eigenvalue weighted by molar-refractivity contribution is 5.36. The lowest BCUT2D eigenvalue weighted by Gasteiger charge is -2.40. The summed E-state index contributed by atoms with van der Waals surface area (Å²) in [5, 5.41) is 11.3. The van der Waals surface area contributed by atoms with Crippen LogP contribution >= 0.6 is 0 Å². The molecule has 0 aromatic heterocycles. The molecule has 0 amide bonds. The van der Waals surface area contributed by atoms with Crippen LogP contribution in [0.3, 0.4) is 0 Å². The quantitative estimate of drug-likeness (QED) is 0.776. The summed E-state index contributed by atoms with van der Waals surface area (Å²) in [6.07, 6.45) is 8.15. The third kappa shape index (κ3) is 2.25. The van der Waals surface area contributed by atoms with Crippen molar-refractivity contribution in [3.05, 3.63) is 48.0 Å². The van der Waals surface area contributed by atoms with E-state index in [-0.39, 0.29) is 5.92 Å². The van der Waals surface area contributed by atoms with E-state index in [4.69, 9.17) is 0 Å². The first-order valence-corrected chi connectivity index (χ1v) is 7.67. The molecule has 0 spiro atoms. The second-order valence-corrected chi connectivity index (χ2v) is 6.33. The first-order valence-electron chi connectivity index (χ1n) is 7.67. The Hall–Kier alpha value is -1.08. The lowest BCUT2D eigenvalue weighted by molar-refractivity contribution is -0.0377. The average molecular weight is 256 g/mol. The van der Waals surface area contributed by atoms with E-state index < -0.39 is 5.60 Å². The molecule has 102 valence electrons. The van der Waals surface area contributed by atoms with Crippen LogP contribution in [-0.4, -0.2) is 10.7 Å². The molecule has 3 rings (SSSR count). The molecule has 0 aliphatic heterocycles. The number of benzene rings is 1. The van der Waals surface area contributed by atoms with Gasteiger partial charge in [-0.2, -0.15) is 0 Å². The molecule has 2 atom stereocenters. The van der Waals surface area contributed by atoms with Crippen LogP contribution < -0.4 is 0 Å². The molecule has 1 heteroatoms. The maximum absolute atomic E-state index is 11.3. The Balaban J connectivity index is 1.93. The summed E-state index contributed by atoms with van der Waals surface area (Å²) in [5.41, 5.74) is 1.93. The zero-order valence-corrected chi connectivity index (χ0v) is 11.6. The van der Waals surface area contributed by atoms with Gasteiger partial charge < -0.3 is 5.11 Å². The minimum atomic E-state index is -0.543. The van der Waals surface area contributed by atoms with Crippen molar-refractivity contribution in [1.82, 2.24) is 0 Å². The molecule has 1 aromatic carbocycles. The van der Waals surface area contributed by atoms with Crippen molar-refractivity contribution in [2.45, 2.75) is 56.5 Å². The highest BCUT2D eigenvalue weighted by Gasteiger charge is 2.49. The molecule has 1 aromatic rings. The third-order valence-electron chi connectivity index (χ3n) is 5.20. The fraction of sp³-hybridized carbons (Fsp3) is 0.556. The molecule has 0 heterocycles. The van der Waals surface area contributed by atoms with Crippen LogP contribution in [-0.2, 0) is 0 Å². The van der Waals surface area contributed by atoms with Gasteiger partial charge >= 0.3 is 0 Å². The van der Waals surface area contributed by atoms with Crippen molar-refractivity contribution in [3.63, 3.8) is 0 Å². The smallest absolute Gasteiger partial charge is 0.0784 e. The summed E-state index contributed by atoms with van der Waals surface area (Å²) in [4.78, 5) is 0. The standard InChI is InChI=1S/C18H24O/c1-14-12-13-18(19,16-10-6-3-7-11-16)17(14)15-8-4-2-5-9-15/h2,4-5,8-9,16-17,19H,1,3,6-7,10-13H2/t17-,18+/m1/s1. The minimum Gasteiger partial charge on any atom is -0.389 e. The lowest BCUT2D eigenvalue weighted by atomic mass is 9.69. The first-order chi connectivity index (χ1) is 9.22. The van der Waals surface area contributed by atoms with Crippen molar-refractivity contribution in [2.75, 3.05) is 0 Å². The maximum atomic E-state index is 11.3. The van der Waals surface area contributed by atoms with E-state index >= 15 is 0 Å². The predicted molar refractivity (Wildman–Crippen MR) is 79.1 cm³/mol. The van der Waals surface area contributed by atoms with E-state index in [1.54, 1.807) is 0 Å². The second kappa shape index (κ2) is 5.13. The van der Waals surface area contributed by atoms with Crippen molar-refractivity contribution < 1.29 is 5.11 Å². The third-order valence-corrected chi connectivity index (χ3v) is 5.20. The van der Waals surface area contributed by atoms with Crippen LogP contribution in [0.1, 0.15) is 56.4 Å². The highest BCUT2D eigenvalue weighted by Crippen LogP contribution is 2.52. The second-order valence-electron chi connectivity index (χ2n) is 6.33. The van der Waals surface area contributed by atoms with Gasteiger partial charge in [0.15, 0.2) is 0 Å². The van der Waals surface area contributed by atoms with Crippen molar-refractivity contribution in [1.29, 1.82) is 0 Å². The molecule has 2 fully saturated rings. The van der Waals surface area contributed by atoms with Gasteiger partial charge in [0.05, 0.1) is 5.60 Å². The maximum Gasteiger partial charge on any atom is 0.0784 e. The molecular formula is C18H24O. The van der Waals surface area contributed by atoms with E-state index in [0.717, 1.165) is 12.8 Å². The monoisotopic (exact) mass is 256 g/mol. The Morgan fingerprint density at radius 2 is 1.74 bits per heavy atom. The minimum absolute atomic E-state index is 0.150. The van der Waals surface area contributed by atoms with Gasteiger partial charge in [0.25, 0.3) is 0 Å². The normalized spacial score (nSPS) is 32.7. The molecule has 2 aliphatic rings. The molecule has 0 unspecified atom stereocenters. The highest BCUT2D eigenvalue weighted by atomic mass is 16.3. The molecule has 0 saturated heterocycles.